The van der Waals surface area contributed by atoms with Crippen molar-refractivity contribution < 1.29 is 18.7 Å². The van der Waals surface area contributed by atoms with E-state index in [4.69, 9.17) is 4.42 Å². The molecule has 1 heterocycles. The zero-order valence-corrected chi connectivity index (χ0v) is 10.7. The van der Waals surface area contributed by atoms with Crippen molar-refractivity contribution in [3.05, 3.63) is 36.1 Å². The largest absolute Gasteiger partial charge is 0.468 e. The minimum absolute atomic E-state index is 0.0474. The van der Waals surface area contributed by atoms with Gasteiger partial charge in [-0.2, -0.15) is 0 Å². The lowest BCUT2D eigenvalue weighted by atomic mass is 10.1. The maximum absolute atomic E-state index is 12.0. The second-order valence-corrected chi connectivity index (χ2v) is 4.62. The number of hydrogen-bond donors (Lipinski definition) is 0. The zero-order valence-electron chi connectivity index (χ0n) is 9.84. The Bertz CT molecular complexity index is 573. The first kappa shape index (κ1) is 12.7. The van der Waals surface area contributed by atoms with Crippen LogP contribution in [0.3, 0.4) is 0 Å². The topological polar surface area (TPSA) is 56.5 Å². The minimum atomic E-state index is -0.329. The van der Waals surface area contributed by atoms with Gasteiger partial charge in [0.15, 0.2) is 5.78 Å². The van der Waals surface area contributed by atoms with Gasteiger partial charge in [0.1, 0.15) is 11.8 Å². The molecule has 0 aliphatic rings. The Kier molecular flexibility index (Phi) is 4.04. The second kappa shape index (κ2) is 5.73. The van der Waals surface area contributed by atoms with Gasteiger partial charge in [0, 0.05) is 5.39 Å². The van der Waals surface area contributed by atoms with E-state index in [1.165, 1.54) is 25.1 Å². The monoisotopic (exact) mass is 264 g/mol. The molecule has 0 saturated heterocycles. The maximum Gasteiger partial charge on any atom is 0.315 e. The highest BCUT2D eigenvalue weighted by molar-refractivity contribution is 8.00. The van der Waals surface area contributed by atoms with Crippen LogP contribution in [-0.2, 0) is 9.53 Å². The van der Waals surface area contributed by atoms with E-state index in [2.05, 4.69) is 4.74 Å². The molecule has 0 aliphatic heterocycles. The fourth-order valence-corrected chi connectivity index (χ4v) is 2.28. The average molecular weight is 264 g/mol. The number of esters is 1. The summed E-state index contributed by atoms with van der Waals surface area (Å²) in [6.45, 7) is 0. The highest BCUT2D eigenvalue weighted by Gasteiger charge is 2.13. The molecule has 0 atom stereocenters. The Labute approximate surface area is 108 Å². The third-order valence-electron chi connectivity index (χ3n) is 2.46. The molecule has 4 nitrogen and oxygen atoms in total. The number of methoxy groups -OCH3 is 1. The van der Waals surface area contributed by atoms with Crippen LogP contribution < -0.4 is 0 Å². The predicted molar refractivity (Wildman–Crippen MR) is 69.9 cm³/mol. The third-order valence-corrected chi connectivity index (χ3v) is 3.37. The van der Waals surface area contributed by atoms with Gasteiger partial charge in [-0.3, -0.25) is 9.59 Å². The van der Waals surface area contributed by atoms with Gasteiger partial charge in [-0.1, -0.05) is 18.2 Å². The van der Waals surface area contributed by atoms with Gasteiger partial charge in [0.25, 0.3) is 0 Å². The van der Waals surface area contributed by atoms with Crippen LogP contribution >= 0.6 is 11.8 Å². The first-order chi connectivity index (χ1) is 8.72. The summed E-state index contributed by atoms with van der Waals surface area (Å²) in [5.41, 5.74) is 1.25. The van der Waals surface area contributed by atoms with Crippen LogP contribution in [0.4, 0.5) is 0 Å². The first-order valence-electron chi connectivity index (χ1n) is 5.36. The molecule has 0 fully saturated rings. The molecule has 0 unspecified atom stereocenters. The van der Waals surface area contributed by atoms with Crippen LogP contribution in [0.2, 0.25) is 0 Å². The van der Waals surface area contributed by atoms with Crippen molar-refractivity contribution in [3.8, 4) is 0 Å². The SMILES string of the molecule is COC(=O)CSCC(=O)c1coc2ccccc12. The van der Waals surface area contributed by atoms with Crippen LogP contribution in [0, 0.1) is 0 Å². The summed E-state index contributed by atoms with van der Waals surface area (Å²) in [5.74, 6) is 0.0371. The minimum Gasteiger partial charge on any atom is -0.468 e. The van der Waals surface area contributed by atoms with Crippen molar-refractivity contribution in [1.82, 2.24) is 0 Å². The second-order valence-electron chi connectivity index (χ2n) is 3.64. The smallest absolute Gasteiger partial charge is 0.315 e. The van der Waals surface area contributed by atoms with Crippen LogP contribution in [0.25, 0.3) is 11.0 Å². The van der Waals surface area contributed by atoms with E-state index in [1.807, 2.05) is 24.3 Å². The van der Waals surface area contributed by atoms with E-state index < -0.39 is 0 Å². The Morgan fingerprint density at radius 3 is 2.83 bits per heavy atom. The molecule has 5 heteroatoms. The van der Waals surface area contributed by atoms with Gasteiger partial charge in [-0.25, -0.2) is 0 Å². The van der Waals surface area contributed by atoms with E-state index in [1.54, 1.807) is 0 Å². The molecule has 0 spiro atoms. The number of carbonyl (C=O) groups excluding carboxylic acids is 2. The molecule has 0 radical (unpaired) electrons. The van der Waals surface area contributed by atoms with Crippen molar-refractivity contribution in [2.75, 3.05) is 18.6 Å². The highest BCUT2D eigenvalue weighted by Crippen LogP contribution is 2.22. The Balaban J connectivity index is 2.03. The van der Waals surface area contributed by atoms with Gasteiger partial charge in [-0.15, -0.1) is 11.8 Å². The number of hydrogen-bond acceptors (Lipinski definition) is 5. The lowest BCUT2D eigenvalue weighted by Crippen LogP contribution is -2.07. The average Bonchev–Trinajstić information content (AvgIpc) is 2.82. The van der Waals surface area contributed by atoms with Gasteiger partial charge < -0.3 is 9.15 Å². The Morgan fingerprint density at radius 2 is 2.06 bits per heavy atom. The van der Waals surface area contributed by atoms with Crippen LogP contribution in [-0.4, -0.2) is 30.4 Å². The standard InChI is InChI=1S/C13H12O4S/c1-16-13(15)8-18-7-11(14)10-6-17-12-5-3-2-4-9(10)12/h2-6H,7-8H2,1H3. The number of carbonyl (C=O) groups is 2. The van der Waals surface area contributed by atoms with Crippen molar-refractivity contribution >= 4 is 34.5 Å². The number of furan rings is 1. The number of ketones is 1. The van der Waals surface area contributed by atoms with Crippen LogP contribution in [0.5, 0.6) is 0 Å². The molecular formula is C13H12O4S. The summed E-state index contributed by atoms with van der Waals surface area (Å²) >= 11 is 1.24. The van der Waals surface area contributed by atoms with Gasteiger partial charge in [0.2, 0.25) is 0 Å². The van der Waals surface area contributed by atoms with Crippen molar-refractivity contribution in [3.63, 3.8) is 0 Å². The fraction of sp³-hybridized carbons (Fsp3) is 0.231. The van der Waals surface area contributed by atoms with E-state index in [-0.39, 0.29) is 23.3 Å². The summed E-state index contributed by atoms with van der Waals surface area (Å²) in [4.78, 5) is 22.9. The third kappa shape index (κ3) is 2.73. The van der Waals surface area contributed by atoms with Gasteiger partial charge in [-0.05, 0) is 6.07 Å². The normalized spacial score (nSPS) is 10.5. The first-order valence-corrected chi connectivity index (χ1v) is 6.52. The Morgan fingerprint density at radius 1 is 1.28 bits per heavy atom. The van der Waals surface area contributed by atoms with Crippen LogP contribution in [0.1, 0.15) is 10.4 Å². The molecule has 0 amide bonds. The number of Topliss-reactive ketones (excluding diaryl/α,β-unsaturated/α-hetero) is 1. The predicted octanol–water partition coefficient (Wildman–Crippen LogP) is 2.52. The number of para-hydroxylation sites is 1. The molecule has 94 valence electrons. The zero-order chi connectivity index (χ0) is 13.0. The van der Waals surface area contributed by atoms with Gasteiger partial charge >= 0.3 is 5.97 Å². The van der Waals surface area contributed by atoms with Gasteiger partial charge in [0.05, 0.1) is 24.2 Å². The van der Waals surface area contributed by atoms with E-state index >= 15 is 0 Å². The summed E-state index contributed by atoms with van der Waals surface area (Å²) in [6.07, 6.45) is 1.46. The molecule has 0 saturated carbocycles. The van der Waals surface area contributed by atoms with E-state index in [0.717, 1.165) is 5.39 Å². The van der Waals surface area contributed by atoms with Crippen LogP contribution in [0.15, 0.2) is 34.9 Å². The molecule has 0 N–H and O–H groups in total. The molecule has 1 aromatic heterocycles. The summed E-state index contributed by atoms with van der Waals surface area (Å²) in [6, 6.07) is 7.37. The molecular weight excluding hydrogens is 252 g/mol. The van der Waals surface area contributed by atoms with Crippen molar-refractivity contribution in [2.45, 2.75) is 0 Å². The molecule has 2 aromatic rings. The molecule has 2 rings (SSSR count). The molecule has 0 bridgehead atoms. The Hall–Kier alpha value is -1.75. The molecule has 0 aliphatic carbocycles. The molecule has 18 heavy (non-hydrogen) atoms. The van der Waals surface area contributed by atoms with Crippen molar-refractivity contribution in [2.24, 2.45) is 0 Å². The number of fused-ring (bicyclic) bond motifs is 1. The summed E-state index contributed by atoms with van der Waals surface area (Å²) in [7, 11) is 1.33. The number of thioether (sulfide) groups is 1. The number of benzene rings is 1. The van der Waals surface area contributed by atoms with Crippen molar-refractivity contribution in [1.29, 1.82) is 0 Å². The molecule has 1 aromatic carbocycles. The van der Waals surface area contributed by atoms with E-state index in [0.29, 0.717) is 11.1 Å². The number of ether oxygens (including phenoxy) is 1. The summed E-state index contributed by atoms with van der Waals surface area (Å²) < 4.78 is 9.80. The maximum atomic E-state index is 12.0. The fourth-order valence-electron chi connectivity index (χ4n) is 1.56. The van der Waals surface area contributed by atoms with E-state index in [9.17, 15) is 9.59 Å². The lowest BCUT2D eigenvalue weighted by Gasteiger charge is -1.99. The lowest BCUT2D eigenvalue weighted by molar-refractivity contribution is -0.137. The highest BCUT2D eigenvalue weighted by atomic mass is 32.2. The number of rotatable bonds is 5. The quantitative estimate of drug-likeness (QED) is 0.613. The summed E-state index contributed by atoms with van der Waals surface area (Å²) in [5, 5.41) is 0.807.